The number of ether oxygens (including phenoxy) is 1. The number of hydrogen-bond acceptors (Lipinski definition) is 5. The van der Waals surface area contributed by atoms with Crippen LogP contribution in [0.3, 0.4) is 0 Å². The minimum atomic E-state index is -0.434. The van der Waals surface area contributed by atoms with Gasteiger partial charge in [0.2, 0.25) is 0 Å². The summed E-state index contributed by atoms with van der Waals surface area (Å²) in [6.45, 7) is 5.78. The summed E-state index contributed by atoms with van der Waals surface area (Å²) in [6, 6.07) is 10.4. The van der Waals surface area contributed by atoms with Crippen molar-refractivity contribution in [3.8, 4) is 5.75 Å². The van der Waals surface area contributed by atoms with Crippen LogP contribution in [0.4, 0.5) is 11.4 Å². The summed E-state index contributed by atoms with van der Waals surface area (Å²) in [4.78, 5) is 26.9. The van der Waals surface area contributed by atoms with E-state index in [1.165, 1.54) is 6.07 Å². The molecule has 0 unspecified atom stereocenters. The van der Waals surface area contributed by atoms with Gasteiger partial charge in [-0.3, -0.25) is 14.9 Å². The fraction of sp³-hybridized carbons (Fsp3) is 0.350. The number of amides is 1. The van der Waals surface area contributed by atoms with Gasteiger partial charge in [0.15, 0.2) is 6.61 Å². The lowest BCUT2D eigenvalue weighted by Gasteiger charge is -2.36. The van der Waals surface area contributed by atoms with E-state index >= 15 is 0 Å². The van der Waals surface area contributed by atoms with Crippen LogP contribution in [0.5, 0.6) is 5.75 Å². The molecule has 1 aliphatic heterocycles. The van der Waals surface area contributed by atoms with Crippen molar-refractivity contribution in [3.05, 3.63) is 62.7 Å². The van der Waals surface area contributed by atoms with Gasteiger partial charge in [-0.1, -0.05) is 29.8 Å². The Labute approximate surface area is 168 Å². The molecule has 0 spiro atoms. The number of hydrogen-bond donors (Lipinski definition) is 0. The Morgan fingerprint density at radius 2 is 1.82 bits per heavy atom. The lowest BCUT2D eigenvalue weighted by Crippen LogP contribution is -2.50. The molecule has 1 saturated heterocycles. The van der Waals surface area contributed by atoms with E-state index in [-0.39, 0.29) is 18.2 Å². The predicted molar refractivity (Wildman–Crippen MR) is 108 cm³/mol. The van der Waals surface area contributed by atoms with Gasteiger partial charge in [-0.05, 0) is 37.1 Å². The van der Waals surface area contributed by atoms with E-state index in [9.17, 15) is 14.9 Å². The second kappa shape index (κ2) is 8.48. The lowest BCUT2D eigenvalue weighted by atomic mass is 10.1. The molecule has 148 valence electrons. The summed E-state index contributed by atoms with van der Waals surface area (Å²) in [7, 11) is 0. The van der Waals surface area contributed by atoms with E-state index in [0.29, 0.717) is 42.6 Å². The highest BCUT2D eigenvalue weighted by molar-refractivity contribution is 6.33. The lowest BCUT2D eigenvalue weighted by molar-refractivity contribution is -0.384. The zero-order chi connectivity index (χ0) is 20.3. The quantitative estimate of drug-likeness (QED) is 0.563. The summed E-state index contributed by atoms with van der Waals surface area (Å²) < 4.78 is 5.70. The van der Waals surface area contributed by atoms with Gasteiger partial charge >= 0.3 is 0 Å². The molecule has 3 rings (SSSR count). The summed E-state index contributed by atoms with van der Waals surface area (Å²) >= 11 is 6.20. The number of carbonyl (C=O) groups is 1. The molecule has 0 aromatic heterocycles. The molecule has 1 aliphatic rings. The Balaban J connectivity index is 1.61. The number of anilines is 1. The van der Waals surface area contributed by atoms with Gasteiger partial charge in [-0.15, -0.1) is 0 Å². The first-order valence-electron chi connectivity index (χ1n) is 9.03. The number of aryl methyl sites for hydroxylation is 1. The zero-order valence-corrected chi connectivity index (χ0v) is 16.6. The summed E-state index contributed by atoms with van der Waals surface area (Å²) in [5.74, 6) is 0.605. The van der Waals surface area contributed by atoms with Crippen LogP contribution in [0.1, 0.15) is 11.1 Å². The number of halogens is 1. The highest BCUT2D eigenvalue weighted by Gasteiger charge is 2.27. The molecule has 8 heteroatoms. The molecule has 28 heavy (non-hydrogen) atoms. The van der Waals surface area contributed by atoms with Crippen LogP contribution in [0.2, 0.25) is 5.02 Å². The fourth-order valence-corrected chi connectivity index (χ4v) is 3.54. The Morgan fingerprint density at radius 1 is 1.14 bits per heavy atom. The number of rotatable bonds is 5. The molecule has 7 nitrogen and oxygen atoms in total. The van der Waals surface area contributed by atoms with Crippen molar-refractivity contribution in [2.45, 2.75) is 13.8 Å². The molecule has 1 heterocycles. The average Bonchev–Trinajstić information content (AvgIpc) is 2.69. The van der Waals surface area contributed by atoms with E-state index < -0.39 is 4.92 Å². The molecule has 0 saturated carbocycles. The Hall–Kier alpha value is -2.80. The molecule has 0 N–H and O–H groups in total. The van der Waals surface area contributed by atoms with Crippen molar-refractivity contribution >= 4 is 28.9 Å². The molecule has 0 bridgehead atoms. The number of benzene rings is 2. The third-order valence-electron chi connectivity index (χ3n) is 5.02. The second-order valence-electron chi connectivity index (χ2n) is 6.72. The van der Waals surface area contributed by atoms with Gasteiger partial charge in [0.25, 0.3) is 11.6 Å². The highest BCUT2D eigenvalue weighted by atomic mass is 35.5. The van der Waals surface area contributed by atoms with Crippen LogP contribution >= 0.6 is 11.6 Å². The minimum Gasteiger partial charge on any atom is -0.483 e. The molecular formula is C20H22ClN3O4. The van der Waals surface area contributed by atoms with E-state index in [2.05, 4.69) is 0 Å². The minimum absolute atomic E-state index is 0.0227. The number of nitrogens with zero attached hydrogens (tertiary/aromatic N) is 3. The molecule has 2 aromatic carbocycles. The van der Waals surface area contributed by atoms with Crippen LogP contribution in [0.15, 0.2) is 36.4 Å². The SMILES string of the molecule is Cc1cccc(OCC(=O)N2CCN(c3c(Cl)cccc3[N+](=O)[O-])CC2)c1C. The first-order valence-corrected chi connectivity index (χ1v) is 9.41. The smallest absolute Gasteiger partial charge is 0.294 e. The Kier molecular flexibility index (Phi) is 6.04. The Bertz CT molecular complexity index is 895. The summed E-state index contributed by atoms with van der Waals surface area (Å²) in [5.41, 5.74) is 2.52. The molecule has 1 amide bonds. The fourth-order valence-electron chi connectivity index (χ4n) is 3.26. The maximum atomic E-state index is 12.5. The van der Waals surface area contributed by atoms with Gasteiger partial charge in [0.05, 0.1) is 9.95 Å². The molecule has 0 radical (unpaired) electrons. The van der Waals surface area contributed by atoms with Crippen LogP contribution in [-0.4, -0.2) is 48.5 Å². The maximum Gasteiger partial charge on any atom is 0.294 e. The van der Waals surface area contributed by atoms with Crippen LogP contribution in [0.25, 0.3) is 0 Å². The monoisotopic (exact) mass is 403 g/mol. The van der Waals surface area contributed by atoms with Crippen LogP contribution < -0.4 is 9.64 Å². The van der Waals surface area contributed by atoms with Gasteiger partial charge in [-0.25, -0.2) is 0 Å². The summed E-state index contributed by atoms with van der Waals surface area (Å²) in [5, 5.41) is 11.6. The van der Waals surface area contributed by atoms with E-state index in [4.69, 9.17) is 16.3 Å². The predicted octanol–water partition coefficient (Wildman–Crippen LogP) is 3.59. The topological polar surface area (TPSA) is 75.9 Å². The zero-order valence-electron chi connectivity index (χ0n) is 15.9. The van der Waals surface area contributed by atoms with E-state index in [0.717, 1.165) is 11.1 Å². The molecule has 1 fully saturated rings. The number of para-hydroxylation sites is 1. The highest BCUT2D eigenvalue weighted by Crippen LogP contribution is 2.35. The summed E-state index contributed by atoms with van der Waals surface area (Å²) in [6.07, 6.45) is 0. The van der Waals surface area contributed by atoms with Crippen molar-refractivity contribution in [3.63, 3.8) is 0 Å². The normalized spacial score (nSPS) is 14.1. The van der Waals surface area contributed by atoms with E-state index in [1.54, 1.807) is 17.0 Å². The Morgan fingerprint density at radius 3 is 2.50 bits per heavy atom. The van der Waals surface area contributed by atoms with Crippen molar-refractivity contribution in [2.24, 2.45) is 0 Å². The third-order valence-corrected chi connectivity index (χ3v) is 5.32. The van der Waals surface area contributed by atoms with E-state index in [1.807, 2.05) is 36.9 Å². The van der Waals surface area contributed by atoms with Crippen molar-refractivity contribution in [2.75, 3.05) is 37.7 Å². The second-order valence-corrected chi connectivity index (χ2v) is 7.13. The first kappa shape index (κ1) is 19.9. The maximum absolute atomic E-state index is 12.5. The number of nitro groups is 1. The number of nitro benzene ring substituents is 1. The van der Waals surface area contributed by atoms with Crippen molar-refractivity contribution in [1.82, 2.24) is 4.90 Å². The van der Waals surface area contributed by atoms with Gasteiger partial charge < -0.3 is 14.5 Å². The van der Waals surface area contributed by atoms with Crippen LogP contribution in [-0.2, 0) is 4.79 Å². The van der Waals surface area contributed by atoms with Crippen LogP contribution in [0, 0.1) is 24.0 Å². The van der Waals surface area contributed by atoms with Gasteiger partial charge in [0.1, 0.15) is 11.4 Å². The third kappa shape index (κ3) is 4.20. The largest absolute Gasteiger partial charge is 0.483 e. The molecular weight excluding hydrogens is 382 g/mol. The average molecular weight is 404 g/mol. The van der Waals surface area contributed by atoms with Gasteiger partial charge in [0, 0.05) is 32.2 Å². The van der Waals surface area contributed by atoms with Crippen molar-refractivity contribution in [1.29, 1.82) is 0 Å². The molecule has 0 aliphatic carbocycles. The molecule has 0 atom stereocenters. The standard InChI is InChI=1S/C20H22ClN3O4/c1-14-5-3-8-18(15(14)2)28-13-19(25)22-9-11-23(12-10-22)20-16(21)6-4-7-17(20)24(26)27/h3-8H,9-13H2,1-2H3. The number of carbonyl (C=O) groups excluding carboxylic acids is 1. The van der Waals surface area contributed by atoms with Gasteiger partial charge in [-0.2, -0.15) is 0 Å². The first-order chi connectivity index (χ1) is 13.4. The molecule has 2 aromatic rings. The number of piperazine rings is 1. The van der Waals surface area contributed by atoms with Crippen molar-refractivity contribution < 1.29 is 14.5 Å².